The first-order valence-corrected chi connectivity index (χ1v) is 11.0. The van der Waals surface area contributed by atoms with E-state index in [0.29, 0.717) is 27.9 Å². The minimum absolute atomic E-state index is 0.0546. The number of thioether (sulfide) groups is 1. The minimum Gasteiger partial charge on any atom is -0.455 e. The fourth-order valence-electron chi connectivity index (χ4n) is 3.44. The van der Waals surface area contributed by atoms with Crippen LogP contribution < -0.4 is 0 Å². The highest BCUT2D eigenvalue weighted by Crippen LogP contribution is 2.36. The van der Waals surface area contributed by atoms with Crippen molar-refractivity contribution in [2.24, 2.45) is 5.92 Å². The fraction of sp³-hybridized carbons (Fsp3) is 0.632. The molecular weight excluding hydrogens is 435 g/mol. The van der Waals surface area contributed by atoms with Gasteiger partial charge in [-0.25, -0.2) is 9.50 Å². The molecule has 1 fully saturated rings. The number of fused-ring (bicyclic) bond motifs is 1. The largest absolute Gasteiger partial charge is 0.455 e. The van der Waals surface area contributed by atoms with Crippen molar-refractivity contribution in [3.05, 3.63) is 17.0 Å². The normalized spacial score (nSPS) is 15.2. The number of esters is 1. The number of carbonyl (C=O) groups is 2. The Morgan fingerprint density at radius 2 is 1.97 bits per heavy atom. The van der Waals surface area contributed by atoms with E-state index in [0.717, 1.165) is 17.7 Å². The predicted molar refractivity (Wildman–Crippen MR) is 107 cm³/mol. The lowest BCUT2D eigenvalue weighted by molar-refractivity contribution is -0.170. The topological polar surface area (TPSA) is 89.7 Å². The Hall–Kier alpha value is -2.37. The third kappa shape index (κ3) is 5.66. The van der Waals surface area contributed by atoms with E-state index in [4.69, 9.17) is 4.74 Å². The van der Waals surface area contributed by atoms with Crippen LogP contribution in [0.5, 0.6) is 0 Å². The molecule has 1 aliphatic carbocycles. The van der Waals surface area contributed by atoms with Gasteiger partial charge in [-0.15, -0.1) is 5.10 Å². The Morgan fingerprint density at radius 3 is 2.55 bits per heavy atom. The van der Waals surface area contributed by atoms with Crippen molar-refractivity contribution in [2.45, 2.75) is 57.4 Å². The summed E-state index contributed by atoms with van der Waals surface area (Å²) >= 11 is 1.36. The highest BCUT2D eigenvalue weighted by Gasteiger charge is 2.40. The van der Waals surface area contributed by atoms with E-state index in [1.165, 1.54) is 16.3 Å². The number of hydrogen-bond donors (Lipinski definition) is 0. The highest BCUT2D eigenvalue weighted by atomic mass is 32.2. The average Bonchev–Trinajstić information content (AvgIpc) is 3.46. The quantitative estimate of drug-likeness (QED) is 0.443. The SMILES string of the molecule is CSc1nc2nc(C)c(CC(=O)OCC(=O)N(CC(F)(F)F)C(C)C3CC3)c(C)n2n1. The van der Waals surface area contributed by atoms with E-state index in [9.17, 15) is 22.8 Å². The lowest BCUT2D eigenvalue weighted by Crippen LogP contribution is -2.47. The number of amides is 1. The molecule has 0 saturated heterocycles. The van der Waals surface area contributed by atoms with Gasteiger partial charge in [0.1, 0.15) is 6.54 Å². The fourth-order valence-corrected chi connectivity index (χ4v) is 3.77. The first-order valence-electron chi connectivity index (χ1n) is 9.79. The Kier molecular flexibility index (Phi) is 6.77. The van der Waals surface area contributed by atoms with Crippen molar-refractivity contribution in [3.63, 3.8) is 0 Å². The maximum Gasteiger partial charge on any atom is 0.406 e. The third-order valence-corrected chi connectivity index (χ3v) is 5.89. The maximum atomic E-state index is 12.9. The summed E-state index contributed by atoms with van der Waals surface area (Å²) in [4.78, 5) is 34.1. The van der Waals surface area contributed by atoms with Gasteiger partial charge in [-0.2, -0.15) is 18.2 Å². The molecule has 0 aromatic carbocycles. The van der Waals surface area contributed by atoms with E-state index in [2.05, 4.69) is 15.1 Å². The summed E-state index contributed by atoms with van der Waals surface area (Å²) in [7, 11) is 0. The number of alkyl halides is 3. The molecule has 0 bridgehead atoms. The van der Waals surface area contributed by atoms with Crippen LogP contribution in [0.15, 0.2) is 5.16 Å². The molecule has 0 aliphatic heterocycles. The lowest BCUT2D eigenvalue weighted by Gasteiger charge is -2.30. The molecular formula is C19H24F3N5O3S. The summed E-state index contributed by atoms with van der Waals surface area (Å²) in [5.74, 6) is -1.12. The molecule has 1 amide bonds. The van der Waals surface area contributed by atoms with Gasteiger partial charge in [-0.05, 0) is 45.8 Å². The van der Waals surface area contributed by atoms with Gasteiger partial charge >= 0.3 is 12.1 Å². The number of rotatable bonds is 8. The Labute approximate surface area is 181 Å². The van der Waals surface area contributed by atoms with Crippen LogP contribution >= 0.6 is 11.8 Å². The molecule has 0 spiro atoms. The molecule has 1 saturated carbocycles. The molecule has 2 heterocycles. The van der Waals surface area contributed by atoms with Crippen LogP contribution in [0, 0.1) is 19.8 Å². The maximum absolute atomic E-state index is 12.9. The van der Waals surface area contributed by atoms with E-state index >= 15 is 0 Å². The second-order valence-corrected chi connectivity index (χ2v) is 8.40. The average molecular weight is 459 g/mol. The van der Waals surface area contributed by atoms with Gasteiger partial charge in [0.2, 0.25) is 5.16 Å². The van der Waals surface area contributed by atoms with Gasteiger partial charge < -0.3 is 9.64 Å². The summed E-state index contributed by atoms with van der Waals surface area (Å²) in [5, 5.41) is 4.84. The van der Waals surface area contributed by atoms with E-state index < -0.39 is 37.2 Å². The van der Waals surface area contributed by atoms with Crippen LogP contribution in [0.2, 0.25) is 0 Å². The Morgan fingerprint density at radius 1 is 1.29 bits per heavy atom. The number of ether oxygens (including phenoxy) is 1. The summed E-state index contributed by atoms with van der Waals surface area (Å²) in [6.07, 6.45) is -1.29. The molecule has 1 aliphatic rings. The molecule has 1 unspecified atom stereocenters. The van der Waals surface area contributed by atoms with Crippen molar-refractivity contribution in [2.75, 3.05) is 19.4 Å². The van der Waals surface area contributed by atoms with Crippen LogP contribution in [0.4, 0.5) is 13.2 Å². The van der Waals surface area contributed by atoms with Gasteiger partial charge in [0.25, 0.3) is 11.7 Å². The lowest BCUT2D eigenvalue weighted by atomic mass is 10.1. The number of nitrogens with zero attached hydrogens (tertiary/aromatic N) is 5. The van der Waals surface area contributed by atoms with Crippen molar-refractivity contribution < 1.29 is 27.5 Å². The molecule has 2 aromatic rings. The van der Waals surface area contributed by atoms with Crippen LogP contribution in [0.25, 0.3) is 5.78 Å². The van der Waals surface area contributed by atoms with Gasteiger partial charge in [-0.1, -0.05) is 11.8 Å². The van der Waals surface area contributed by atoms with Crippen molar-refractivity contribution in [1.82, 2.24) is 24.5 Å². The van der Waals surface area contributed by atoms with Gasteiger partial charge in [0.15, 0.2) is 6.61 Å². The van der Waals surface area contributed by atoms with Gasteiger partial charge in [-0.3, -0.25) is 9.59 Å². The van der Waals surface area contributed by atoms with E-state index in [-0.39, 0.29) is 12.3 Å². The second-order valence-electron chi connectivity index (χ2n) is 7.62. The summed E-state index contributed by atoms with van der Waals surface area (Å²) < 4.78 is 45.3. The van der Waals surface area contributed by atoms with Gasteiger partial charge in [0.05, 0.1) is 6.42 Å². The molecule has 8 nitrogen and oxygen atoms in total. The monoisotopic (exact) mass is 459 g/mol. The standard InChI is InChI=1S/C19H24F3N5O3S/c1-10-14(12(3)27-17(23-10)24-18(25-27)31-4)7-16(29)30-8-15(28)26(9-19(20,21)22)11(2)13-5-6-13/h11,13H,5-9H2,1-4H3. The molecule has 1 atom stereocenters. The predicted octanol–water partition coefficient (Wildman–Crippen LogP) is 2.74. The minimum atomic E-state index is -4.52. The number of halogens is 3. The van der Waals surface area contributed by atoms with Crippen molar-refractivity contribution in [1.29, 1.82) is 0 Å². The van der Waals surface area contributed by atoms with Gasteiger partial charge in [0, 0.05) is 23.0 Å². The van der Waals surface area contributed by atoms with Crippen LogP contribution in [0.3, 0.4) is 0 Å². The van der Waals surface area contributed by atoms with Crippen molar-refractivity contribution >= 4 is 29.4 Å². The molecule has 170 valence electrons. The number of carbonyl (C=O) groups excluding carboxylic acids is 2. The zero-order valence-corrected chi connectivity index (χ0v) is 18.5. The zero-order chi connectivity index (χ0) is 22.9. The van der Waals surface area contributed by atoms with Crippen molar-refractivity contribution in [3.8, 4) is 0 Å². The molecule has 0 N–H and O–H groups in total. The third-order valence-electron chi connectivity index (χ3n) is 5.36. The summed E-state index contributed by atoms with van der Waals surface area (Å²) in [6, 6.07) is -0.554. The molecule has 12 heteroatoms. The number of aromatic nitrogens is 4. The first-order chi connectivity index (χ1) is 14.5. The smallest absolute Gasteiger partial charge is 0.406 e. The summed E-state index contributed by atoms with van der Waals surface area (Å²) in [5.41, 5.74) is 1.79. The molecule has 31 heavy (non-hydrogen) atoms. The molecule has 0 radical (unpaired) electrons. The summed E-state index contributed by atoms with van der Waals surface area (Å²) in [6.45, 7) is 2.98. The Bertz CT molecular complexity index is 990. The molecule has 3 rings (SSSR count). The highest BCUT2D eigenvalue weighted by molar-refractivity contribution is 7.98. The number of hydrogen-bond acceptors (Lipinski definition) is 7. The number of aryl methyl sites for hydroxylation is 2. The Balaban J connectivity index is 1.66. The molecule has 2 aromatic heterocycles. The van der Waals surface area contributed by atoms with Crippen LogP contribution in [-0.4, -0.2) is 68.0 Å². The van der Waals surface area contributed by atoms with Crippen LogP contribution in [0.1, 0.15) is 36.7 Å². The van der Waals surface area contributed by atoms with E-state index in [1.54, 1.807) is 20.8 Å². The van der Waals surface area contributed by atoms with E-state index in [1.807, 2.05) is 6.26 Å². The first kappa shape index (κ1) is 23.3. The van der Waals surface area contributed by atoms with Crippen LogP contribution in [-0.2, 0) is 20.7 Å². The zero-order valence-electron chi connectivity index (χ0n) is 17.7. The second kappa shape index (κ2) is 9.01.